The highest BCUT2D eigenvalue weighted by molar-refractivity contribution is 5.77. The average Bonchev–Trinajstić information content (AvgIpc) is 2.84. The Bertz CT molecular complexity index is 532. The molecule has 0 spiro atoms. The van der Waals surface area contributed by atoms with Crippen LogP contribution in [-0.2, 0) is 17.7 Å². The third-order valence-electron chi connectivity index (χ3n) is 3.41. The van der Waals surface area contributed by atoms with Crippen LogP contribution >= 0.6 is 0 Å². The van der Waals surface area contributed by atoms with Crippen LogP contribution in [0.1, 0.15) is 25.0 Å². The van der Waals surface area contributed by atoms with Crippen molar-refractivity contribution in [2.45, 2.75) is 32.9 Å². The van der Waals surface area contributed by atoms with Crippen molar-refractivity contribution in [3.63, 3.8) is 0 Å². The molecule has 1 atom stereocenters. The molecular formula is C16H25N3O3. The summed E-state index contributed by atoms with van der Waals surface area (Å²) in [4.78, 5) is 4.35. The summed E-state index contributed by atoms with van der Waals surface area (Å²) in [6.07, 6.45) is 1.13. The van der Waals surface area contributed by atoms with Gasteiger partial charge in [-0.05, 0) is 26.0 Å². The van der Waals surface area contributed by atoms with Gasteiger partial charge in [-0.1, -0.05) is 0 Å². The van der Waals surface area contributed by atoms with E-state index in [0.717, 1.165) is 23.5 Å². The van der Waals surface area contributed by atoms with E-state index in [-0.39, 0.29) is 6.10 Å². The fourth-order valence-electron chi connectivity index (χ4n) is 2.40. The summed E-state index contributed by atoms with van der Waals surface area (Å²) in [7, 11) is 1.65. The molecule has 6 nitrogen and oxygen atoms in total. The van der Waals surface area contributed by atoms with Gasteiger partial charge in [-0.25, -0.2) is 4.99 Å². The van der Waals surface area contributed by atoms with Crippen molar-refractivity contribution in [3.05, 3.63) is 23.3 Å². The first-order chi connectivity index (χ1) is 10.6. The molecule has 0 amide bonds. The van der Waals surface area contributed by atoms with Gasteiger partial charge in [0.1, 0.15) is 17.6 Å². The molecule has 1 unspecified atom stereocenters. The van der Waals surface area contributed by atoms with Gasteiger partial charge in [0.25, 0.3) is 0 Å². The molecule has 2 rings (SSSR count). The van der Waals surface area contributed by atoms with E-state index < -0.39 is 0 Å². The number of nitrogens with zero attached hydrogens (tertiary/aromatic N) is 1. The van der Waals surface area contributed by atoms with Crippen molar-refractivity contribution in [1.29, 1.82) is 0 Å². The fraction of sp³-hybridized carbons (Fsp3) is 0.562. The van der Waals surface area contributed by atoms with Gasteiger partial charge in [-0.3, -0.25) is 0 Å². The highest BCUT2D eigenvalue weighted by Crippen LogP contribution is 2.35. The smallest absolute Gasteiger partial charge is 0.189 e. The first-order valence-electron chi connectivity index (χ1n) is 7.62. The van der Waals surface area contributed by atoms with E-state index >= 15 is 0 Å². The zero-order valence-electron chi connectivity index (χ0n) is 13.5. The molecule has 0 aliphatic carbocycles. The summed E-state index contributed by atoms with van der Waals surface area (Å²) in [6.45, 7) is 6.33. The Morgan fingerprint density at radius 3 is 3.05 bits per heavy atom. The summed E-state index contributed by atoms with van der Waals surface area (Å²) in [5.74, 6) is 2.17. The van der Waals surface area contributed by atoms with E-state index in [2.05, 4.69) is 23.3 Å². The molecule has 1 aliphatic heterocycles. The molecule has 0 radical (unpaired) electrons. The second-order valence-electron chi connectivity index (χ2n) is 5.25. The highest BCUT2D eigenvalue weighted by Gasteiger charge is 2.21. The lowest BCUT2D eigenvalue weighted by Gasteiger charge is -2.12. The molecule has 22 heavy (non-hydrogen) atoms. The summed E-state index contributed by atoms with van der Waals surface area (Å²) in [5, 5.41) is 3.00. The first kappa shape index (κ1) is 16.4. The lowest BCUT2D eigenvalue weighted by molar-refractivity contribution is 0.204. The number of methoxy groups -OCH3 is 1. The maximum absolute atomic E-state index is 5.83. The number of ether oxygens (including phenoxy) is 3. The number of nitrogens with two attached hydrogens (primary N) is 1. The molecule has 1 heterocycles. The van der Waals surface area contributed by atoms with Gasteiger partial charge in [0.15, 0.2) is 5.96 Å². The molecule has 1 aromatic rings. The molecule has 1 aromatic carbocycles. The van der Waals surface area contributed by atoms with Crippen molar-refractivity contribution in [1.82, 2.24) is 5.32 Å². The first-order valence-corrected chi connectivity index (χ1v) is 7.62. The number of guanidine groups is 1. The number of fused-ring (bicyclic) bond motifs is 1. The predicted molar refractivity (Wildman–Crippen MR) is 86.6 cm³/mol. The third kappa shape index (κ3) is 4.27. The van der Waals surface area contributed by atoms with Gasteiger partial charge in [-0.2, -0.15) is 0 Å². The SMILES string of the molecule is CCOc1cc2c(cc1CN=C(N)NCCOC)OC(C)C2. The summed E-state index contributed by atoms with van der Waals surface area (Å²) in [5.41, 5.74) is 8.00. The minimum atomic E-state index is 0.212. The van der Waals surface area contributed by atoms with Crippen LogP contribution in [0, 0.1) is 0 Å². The van der Waals surface area contributed by atoms with Crippen LogP contribution in [-0.4, -0.2) is 38.9 Å². The summed E-state index contributed by atoms with van der Waals surface area (Å²) in [6, 6.07) is 4.07. The molecule has 3 N–H and O–H groups in total. The van der Waals surface area contributed by atoms with E-state index in [1.807, 2.05) is 13.0 Å². The molecular weight excluding hydrogens is 282 g/mol. The number of nitrogens with one attached hydrogen (secondary N) is 1. The van der Waals surface area contributed by atoms with E-state index in [0.29, 0.717) is 32.3 Å². The highest BCUT2D eigenvalue weighted by atomic mass is 16.5. The third-order valence-corrected chi connectivity index (χ3v) is 3.41. The Hall–Kier alpha value is -1.95. The number of rotatable bonds is 7. The van der Waals surface area contributed by atoms with Crippen LogP contribution in [0.2, 0.25) is 0 Å². The summed E-state index contributed by atoms with van der Waals surface area (Å²) < 4.78 is 16.5. The fourth-order valence-corrected chi connectivity index (χ4v) is 2.40. The van der Waals surface area contributed by atoms with E-state index in [1.165, 1.54) is 5.56 Å². The van der Waals surface area contributed by atoms with Crippen LogP contribution in [0.5, 0.6) is 11.5 Å². The van der Waals surface area contributed by atoms with Crippen molar-refractivity contribution >= 4 is 5.96 Å². The van der Waals surface area contributed by atoms with Crippen LogP contribution in [0.3, 0.4) is 0 Å². The number of hydrogen-bond acceptors (Lipinski definition) is 4. The van der Waals surface area contributed by atoms with E-state index in [9.17, 15) is 0 Å². The Labute approximate surface area is 131 Å². The largest absolute Gasteiger partial charge is 0.494 e. The minimum Gasteiger partial charge on any atom is -0.494 e. The Morgan fingerprint density at radius 1 is 1.50 bits per heavy atom. The zero-order valence-corrected chi connectivity index (χ0v) is 13.5. The molecule has 0 saturated heterocycles. The van der Waals surface area contributed by atoms with Crippen LogP contribution < -0.4 is 20.5 Å². The average molecular weight is 307 g/mol. The number of hydrogen-bond donors (Lipinski definition) is 2. The Morgan fingerprint density at radius 2 is 2.32 bits per heavy atom. The van der Waals surface area contributed by atoms with Crippen LogP contribution in [0.15, 0.2) is 17.1 Å². The maximum atomic E-state index is 5.83. The topological polar surface area (TPSA) is 78.1 Å². The van der Waals surface area contributed by atoms with Crippen molar-refractivity contribution in [2.75, 3.05) is 26.9 Å². The van der Waals surface area contributed by atoms with Gasteiger partial charge in [0, 0.05) is 31.2 Å². The monoisotopic (exact) mass is 307 g/mol. The second-order valence-corrected chi connectivity index (χ2v) is 5.25. The van der Waals surface area contributed by atoms with Crippen LogP contribution in [0.25, 0.3) is 0 Å². The Balaban J connectivity index is 2.09. The van der Waals surface area contributed by atoms with Gasteiger partial charge in [0.05, 0.1) is 19.8 Å². The van der Waals surface area contributed by atoms with Crippen molar-refractivity contribution in [3.8, 4) is 11.5 Å². The quantitative estimate of drug-likeness (QED) is 0.453. The lowest BCUT2D eigenvalue weighted by atomic mass is 10.1. The van der Waals surface area contributed by atoms with E-state index in [1.54, 1.807) is 7.11 Å². The molecule has 0 aromatic heterocycles. The lowest BCUT2D eigenvalue weighted by Crippen LogP contribution is -2.34. The van der Waals surface area contributed by atoms with Gasteiger partial charge >= 0.3 is 0 Å². The van der Waals surface area contributed by atoms with Gasteiger partial charge in [0.2, 0.25) is 0 Å². The zero-order chi connectivity index (χ0) is 15.9. The number of aliphatic imine (C=N–C) groups is 1. The van der Waals surface area contributed by atoms with Gasteiger partial charge < -0.3 is 25.3 Å². The van der Waals surface area contributed by atoms with Gasteiger partial charge in [-0.15, -0.1) is 0 Å². The van der Waals surface area contributed by atoms with Crippen molar-refractivity contribution < 1.29 is 14.2 Å². The normalized spacial score (nSPS) is 17.0. The minimum absolute atomic E-state index is 0.212. The molecule has 0 fully saturated rings. The number of benzene rings is 1. The predicted octanol–water partition coefficient (Wildman–Crippen LogP) is 1.46. The molecule has 122 valence electrons. The van der Waals surface area contributed by atoms with Crippen LogP contribution in [0.4, 0.5) is 0 Å². The molecule has 0 bridgehead atoms. The molecule has 0 saturated carbocycles. The standard InChI is InChI=1S/C16H25N3O3/c1-4-21-14-8-12-7-11(2)22-15(12)9-13(14)10-19-16(17)18-5-6-20-3/h8-9,11H,4-7,10H2,1-3H3,(H3,17,18,19). The molecule has 6 heteroatoms. The molecule has 1 aliphatic rings. The Kier molecular flexibility index (Phi) is 5.89. The van der Waals surface area contributed by atoms with Crippen molar-refractivity contribution in [2.24, 2.45) is 10.7 Å². The second kappa shape index (κ2) is 7.89. The van der Waals surface area contributed by atoms with E-state index in [4.69, 9.17) is 19.9 Å². The maximum Gasteiger partial charge on any atom is 0.189 e. The summed E-state index contributed by atoms with van der Waals surface area (Å²) >= 11 is 0.